The van der Waals surface area contributed by atoms with E-state index in [9.17, 15) is 13.6 Å². The van der Waals surface area contributed by atoms with Gasteiger partial charge in [-0.25, -0.2) is 18.8 Å². The highest BCUT2D eigenvalue weighted by molar-refractivity contribution is 5.95. The van der Waals surface area contributed by atoms with Gasteiger partial charge in [0, 0.05) is 24.7 Å². The number of nitrogens with zero attached hydrogens (tertiary/aromatic N) is 2. The molecule has 1 unspecified atom stereocenters. The molecule has 0 aliphatic carbocycles. The van der Waals surface area contributed by atoms with Gasteiger partial charge in [-0.05, 0) is 42.3 Å². The minimum atomic E-state index is -0.693. The third-order valence-corrected chi connectivity index (χ3v) is 5.00. The summed E-state index contributed by atoms with van der Waals surface area (Å²) in [6, 6.07) is 14.9. The SMILES string of the molecule is CC(=O)CCNc1ccc(-c2ccc(C3COC(c4c(F)cccc4F)=N3)cc2)cn1. The quantitative estimate of drug-likeness (QED) is 0.587. The standard InChI is InChI=1S/C24H21F2N3O2/c1-15(30)11-12-27-22-10-9-18(13-28-22)16-5-7-17(8-6-16)21-14-31-24(29-21)23-19(25)3-2-4-20(23)26/h2-10,13,21H,11-12,14H2,1H3,(H,27,28). The Morgan fingerprint density at radius 1 is 1.06 bits per heavy atom. The highest BCUT2D eigenvalue weighted by Crippen LogP contribution is 2.29. The van der Waals surface area contributed by atoms with E-state index in [1.807, 2.05) is 36.4 Å². The molecule has 31 heavy (non-hydrogen) atoms. The Morgan fingerprint density at radius 2 is 1.77 bits per heavy atom. The Labute approximate surface area is 178 Å². The molecule has 5 nitrogen and oxygen atoms in total. The molecule has 0 radical (unpaired) electrons. The zero-order valence-corrected chi connectivity index (χ0v) is 16.9. The van der Waals surface area contributed by atoms with Gasteiger partial charge in [0.15, 0.2) is 0 Å². The van der Waals surface area contributed by atoms with Gasteiger partial charge in [-0.2, -0.15) is 0 Å². The van der Waals surface area contributed by atoms with Gasteiger partial charge >= 0.3 is 0 Å². The molecule has 1 atom stereocenters. The molecule has 0 amide bonds. The number of anilines is 1. The summed E-state index contributed by atoms with van der Waals surface area (Å²) in [5.74, 6) is -0.552. The van der Waals surface area contributed by atoms with Crippen molar-refractivity contribution < 1.29 is 18.3 Å². The van der Waals surface area contributed by atoms with Crippen molar-refractivity contribution >= 4 is 17.5 Å². The summed E-state index contributed by atoms with van der Waals surface area (Å²) in [6.45, 7) is 2.34. The number of rotatable bonds is 7. The summed E-state index contributed by atoms with van der Waals surface area (Å²) in [7, 11) is 0. The first-order valence-corrected chi connectivity index (χ1v) is 9.96. The first-order chi connectivity index (χ1) is 15.0. The number of carbonyl (C=O) groups is 1. The second kappa shape index (κ2) is 9.04. The number of aromatic nitrogens is 1. The van der Waals surface area contributed by atoms with Crippen LogP contribution in [0, 0.1) is 11.6 Å². The number of aliphatic imine (C=N–C) groups is 1. The van der Waals surface area contributed by atoms with Crippen LogP contribution in [0.15, 0.2) is 65.8 Å². The normalized spacial score (nSPS) is 15.3. The fourth-order valence-electron chi connectivity index (χ4n) is 3.32. The number of pyridine rings is 1. The lowest BCUT2D eigenvalue weighted by atomic mass is 10.0. The number of benzene rings is 2. The van der Waals surface area contributed by atoms with Crippen LogP contribution < -0.4 is 5.32 Å². The van der Waals surface area contributed by atoms with Crippen LogP contribution in [0.2, 0.25) is 0 Å². The molecule has 3 aromatic rings. The predicted octanol–water partition coefficient (Wildman–Crippen LogP) is 4.94. The molecule has 4 rings (SSSR count). The monoisotopic (exact) mass is 421 g/mol. The van der Waals surface area contributed by atoms with Gasteiger partial charge in [0.25, 0.3) is 0 Å². The average Bonchev–Trinajstić information content (AvgIpc) is 3.24. The van der Waals surface area contributed by atoms with Crippen molar-refractivity contribution in [1.29, 1.82) is 0 Å². The van der Waals surface area contributed by atoms with Crippen molar-refractivity contribution in [3.8, 4) is 11.1 Å². The summed E-state index contributed by atoms with van der Waals surface area (Å²) in [5.41, 5.74) is 2.59. The predicted molar refractivity (Wildman–Crippen MR) is 115 cm³/mol. The maximum atomic E-state index is 14.0. The smallest absolute Gasteiger partial charge is 0.222 e. The molecule has 2 heterocycles. The molecule has 2 aromatic carbocycles. The van der Waals surface area contributed by atoms with Crippen LogP contribution in [0.4, 0.5) is 14.6 Å². The van der Waals surface area contributed by atoms with Crippen molar-refractivity contribution in [1.82, 2.24) is 4.98 Å². The maximum absolute atomic E-state index is 14.0. The number of halogens is 2. The van der Waals surface area contributed by atoms with Gasteiger partial charge in [-0.3, -0.25) is 4.79 Å². The summed E-state index contributed by atoms with van der Waals surface area (Å²) >= 11 is 0. The molecule has 1 aliphatic rings. The van der Waals surface area contributed by atoms with Crippen LogP contribution in [-0.2, 0) is 9.53 Å². The lowest BCUT2D eigenvalue weighted by Gasteiger charge is -2.08. The molecular formula is C24H21F2N3O2. The Bertz CT molecular complexity index is 1090. The van der Waals surface area contributed by atoms with Crippen LogP contribution in [0.3, 0.4) is 0 Å². The van der Waals surface area contributed by atoms with Crippen molar-refractivity contribution in [2.45, 2.75) is 19.4 Å². The molecule has 0 spiro atoms. The number of hydrogen-bond donors (Lipinski definition) is 1. The third kappa shape index (κ3) is 4.77. The van der Waals surface area contributed by atoms with E-state index >= 15 is 0 Å². The molecule has 0 saturated carbocycles. The van der Waals surface area contributed by atoms with Crippen molar-refractivity contribution in [3.05, 3.63) is 83.6 Å². The average molecular weight is 421 g/mol. The highest BCUT2D eigenvalue weighted by Gasteiger charge is 2.26. The number of hydrogen-bond acceptors (Lipinski definition) is 5. The number of ether oxygens (including phenoxy) is 1. The second-order valence-corrected chi connectivity index (χ2v) is 7.29. The molecule has 7 heteroatoms. The van der Waals surface area contributed by atoms with E-state index < -0.39 is 11.6 Å². The lowest BCUT2D eigenvalue weighted by Crippen LogP contribution is -2.07. The van der Waals surface area contributed by atoms with Gasteiger partial charge < -0.3 is 10.1 Å². The number of carbonyl (C=O) groups excluding carboxylic acids is 1. The minimum Gasteiger partial charge on any atom is -0.475 e. The topological polar surface area (TPSA) is 63.6 Å². The largest absolute Gasteiger partial charge is 0.475 e. The number of nitrogens with one attached hydrogen (secondary N) is 1. The third-order valence-electron chi connectivity index (χ3n) is 5.00. The lowest BCUT2D eigenvalue weighted by molar-refractivity contribution is -0.116. The zero-order chi connectivity index (χ0) is 21.8. The zero-order valence-electron chi connectivity index (χ0n) is 16.9. The Kier molecular flexibility index (Phi) is 6.02. The van der Waals surface area contributed by atoms with E-state index in [2.05, 4.69) is 15.3 Å². The van der Waals surface area contributed by atoms with Gasteiger partial charge in [-0.1, -0.05) is 30.3 Å². The Hall–Kier alpha value is -3.61. The highest BCUT2D eigenvalue weighted by atomic mass is 19.1. The van der Waals surface area contributed by atoms with E-state index in [0.717, 1.165) is 16.7 Å². The summed E-state index contributed by atoms with van der Waals surface area (Å²) in [6.07, 6.45) is 2.23. The number of ketones is 1. The molecular weight excluding hydrogens is 400 g/mol. The fraction of sp³-hybridized carbons (Fsp3) is 0.208. The van der Waals surface area contributed by atoms with E-state index in [-0.39, 0.29) is 29.9 Å². The molecule has 1 aromatic heterocycles. The van der Waals surface area contributed by atoms with Crippen molar-refractivity contribution in [2.75, 3.05) is 18.5 Å². The van der Waals surface area contributed by atoms with Crippen LogP contribution >= 0.6 is 0 Å². The van der Waals surface area contributed by atoms with E-state index in [4.69, 9.17) is 4.74 Å². The summed E-state index contributed by atoms with van der Waals surface area (Å²) in [5, 5.41) is 3.11. The summed E-state index contributed by atoms with van der Waals surface area (Å²) in [4.78, 5) is 19.8. The van der Waals surface area contributed by atoms with Crippen LogP contribution in [0.5, 0.6) is 0 Å². The van der Waals surface area contributed by atoms with Gasteiger partial charge in [-0.15, -0.1) is 0 Å². The van der Waals surface area contributed by atoms with Crippen LogP contribution in [0.25, 0.3) is 11.1 Å². The molecule has 158 valence electrons. The van der Waals surface area contributed by atoms with E-state index in [0.29, 0.717) is 18.8 Å². The van der Waals surface area contributed by atoms with Gasteiger partial charge in [0.1, 0.15) is 41.4 Å². The Morgan fingerprint density at radius 3 is 2.42 bits per heavy atom. The molecule has 0 fully saturated rings. The van der Waals surface area contributed by atoms with Crippen molar-refractivity contribution in [2.24, 2.45) is 4.99 Å². The van der Waals surface area contributed by atoms with Crippen molar-refractivity contribution in [3.63, 3.8) is 0 Å². The molecule has 0 bridgehead atoms. The second-order valence-electron chi connectivity index (χ2n) is 7.29. The first kappa shape index (κ1) is 20.7. The van der Waals surface area contributed by atoms with Crippen LogP contribution in [0.1, 0.15) is 30.5 Å². The molecule has 1 aliphatic heterocycles. The minimum absolute atomic E-state index is 0.0123. The fourth-order valence-corrected chi connectivity index (χ4v) is 3.32. The molecule has 1 N–H and O–H groups in total. The van der Waals surface area contributed by atoms with Crippen LogP contribution in [-0.4, -0.2) is 29.8 Å². The van der Waals surface area contributed by atoms with E-state index in [1.165, 1.54) is 18.2 Å². The van der Waals surface area contributed by atoms with E-state index in [1.54, 1.807) is 13.1 Å². The van der Waals surface area contributed by atoms with Gasteiger partial charge in [0.05, 0.1) is 0 Å². The van der Waals surface area contributed by atoms with Gasteiger partial charge in [0.2, 0.25) is 5.90 Å². The molecule has 0 saturated heterocycles. The summed E-state index contributed by atoms with van der Waals surface area (Å²) < 4.78 is 33.4. The Balaban J connectivity index is 1.45. The first-order valence-electron chi connectivity index (χ1n) is 9.96. The maximum Gasteiger partial charge on any atom is 0.222 e. The number of Topliss-reactive ketones (excluding diaryl/α,β-unsaturated/α-hetero) is 1.